The van der Waals surface area contributed by atoms with Crippen LogP contribution in [0.2, 0.25) is 0 Å². The Morgan fingerprint density at radius 1 is 1.26 bits per heavy atom. The van der Waals surface area contributed by atoms with E-state index in [-0.39, 0.29) is 5.84 Å². The van der Waals surface area contributed by atoms with Crippen molar-refractivity contribution in [2.75, 3.05) is 11.9 Å². The van der Waals surface area contributed by atoms with E-state index in [4.69, 9.17) is 11.1 Å². The first-order valence-electron chi connectivity index (χ1n) is 6.97. The Bertz CT molecular complexity index is 451. The number of benzene rings is 1. The summed E-state index contributed by atoms with van der Waals surface area (Å²) < 4.78 is 0.901. The SMILES string of the molecule is CN(c1cccc(Br)c1C(=N)N)C1CCCCCC1. The summed E-state index contributed by atoms with van der Waals surface area (Å²) >= 11 is 3.51. The van der Waals surface area contributed by atoms with Crippen molar-refractivity contribution >= 4 is 27.5 Å². The Kier molecular flexibility index (Phi) is 4.86. The van der Waals surface area contributed by atoms with Gasteiger partial charge in [0.05, 0.1) is 5.56 Å². The van der Waals surface area contributed by atoms with Gasteiger partial charge < -0.3 is 10.6 Å². The standard InChI is InChI=1S/C15H22BrN3/c1-19(11-7-4-2-3-5-8-11)13-10-6-9-12(16)14(13)15(17)18/h6,9-11H,2-5,7-8H2,1H3,(H3,17,18). The number of nitrogens with zero attached hydrogens (tertiary/aromatic N) is 1. The van der Waals surface area contributed by atoms with Crippen molar-refractivity contribution in [1.29, 1.82) is 5.41 Å². The molecule has 19 heavy (non-hydrogen) atoms. The van der Waals surface area contributed by atoms with E-state index in [1.807, 2.05) is 12.1 Å². The molecule has 0 radical (unpaired) electrons. The number of rotatable bonds is 3. The van der Waals surface area contributed by atoms with Crippen LogP contribution in [0.3, 0.4) is 0 Å². The van der Waals surface area contributed by atoms with Crippen LogP contribution in [-0.4, -0.2) is 18.9 Å². The summed E-state index contributed by atoms with van der Waals surface area (Å²) in [5, 5.41) is 7.79. The Morgan fingerprint density at radius 3 is 2.47 bits per heavy atom. The van der Waals surface area contributed by atoms with Crippen LogP contribution in [0.15, 0.2) is 22.7 Å². The monoisotopic (exact) mass is 323 g/mol. The summed E-state index contributed by atoms with van der Waals surface area (Å²) in [6.45, 7) is 0. The van der Waals surface area contributed by atoms with Gasteiger partial charge in [-0.1, -0.05) is 31.7 Å². The highest BCUT2D eigenvalue weighted by Gasteiger charge is 2.21. The van der Waals surface area contributed by atoms with Crippen LogP contribution in [-0.2, 0) is 0 Å². The van der Waals surface area contributed by atoms with Crippen molar-refractivity contribution in [3.63, 3.8) is 0 Å². The fraction of sp³-hybridized carbons (Fsp3) is 0.533. The van der Waals surface area contributed by atoms with Gasteiger partial charge >= 0.3 is 0 Å². The molecule has 1 aliphatic carbocycles. The maximum atomic E-state index is 7.79. The van der Waals surface area contributed by atoms with Crippen LogP contribution in [0, 0.1) is 5.41 Å². The number of hydrogen-bond donors (Lipinski definition) is 2. The highest BCUT2D eigenvalue weighted by Crippen LogP contribution is 2.31. The number of anilines is 1. The lowest BCUT2D eigenvalue weighted by atomic mass is 10.0. The van der Waals surface area contributed by atoms with Gasteiger partial charge in [0.15, 0.2) is 0 Å². The number of halogens is 1. The summed E-state index contributed by atoms with van der Waals surface area (Å²) in [6, 6.07) is 6.59. The maximum Gasteiger partial charge on any atom is 0.126 e. The molecule has 4 heteroatoms. The molecule has 1 aliphatic rings. The average molecular weight is 324 g/mol. The van der Waals surface area contributed by atoms with Gasteiger partial charge in [-0.2, -0.15) is 0 Å². The molecule has 104 valence electrons. The van der Waals surface area contributed by atoms with Crippen LogP contribution in [0.25, 0.3) is 0 Å². The normalized spacial score (nSPS) is 16.9. The topological polar surface area (TPSA) is 53.1 Å². The first-order chi connectivity index (χ1) is 9.11. The highest BCUT2D eigenvalue weighted by atomic mass is 79.9. The zero-order valence-electron chi connectivity index (χ0n) is 11.5. The molecule has 1 saturated carbocycles. The molecule has 0 amide bonds. The van der Waals surface area contributed by atoms with Crippen molar-refractivity contribution in [3.05, 3.63) is 28.2 Å². The van der Waals surface area contributed by atoms with Crippen molar-refractivity contribution in [1.82, 2.24) is 0 Å². The van der Waals surface area contributed by atoms with E-state index in [0.29, 0.717) is 6.04 Å². The van der Waals surface area contributed by atoms with Gasteiger partial charge in [0.25, 0.3) is 0 Å². The van der Waals surface area contributed by atoms with E-state index in [9.17, 15) is 0 Å². The van der Waals surface area contributed by atoms with E-state index in [2.05, 4.69) is 33.9 Å². The van der Waals surface area contributed by atoms with E-state index in [0.717, 1.165) is 15.7 Å². The van der Waals surface area contributed by atoms with Gasteiger partial charge in [-0.15, -0.1) is 0 Å². The molecule has 0 aliphatic heterocycles. The molecule has 0 unspecified atom stereocenters. The van der Waals surface area contributed by atoms with E-state index in [1.165, 1.54) is 38.5 Å². The lowest BCUT2D eigenvalue weighted by Gasteiger charge is -2.31. The van der Waals surface area contributed by atoms with Crippen LogP contribution in [0.1, 0.15) is 44.1 Å². The molecule has 0 spiro atoms. The second-order valence-electron chi connectivity index (χ2n) is 5.30. The third-order valence-electron chi connectivity index (χ3n) is 4.01. The number of nitrogens with two attached hydrogens (primary N) is 1. The van der Waals surface area contributed by atoms with Gasteiger partial charge in [0.2, 0.25) is 0 Å². The maximum absolute atomic E-state index is 7.79. The van der Waals surface area contributed by atoms with Crippen LogP contribution >= 0.6 is 15.9 Å². The number of amidine groups is 1. The molecule has 3 nitrogen and oxygen atoms in total. The van der Waals surface area contributed by atoms with Crippen molar-refractivity contribution < 1.29 is 0 Å². The molecule has 0 atom stereocenters. The minimum absolute atomic E-state index is 0.128. The predicted octanol–water partition coefficient (Wildman–Crippen LogP) is 3.89. The minimum atomic E-state index is 0.128. The molecule has 1 aromatic carbocycles. The second kappa shape index (κ2) is 6.42. The fourth-order valence-corrected chi connectivity index (χ4v) is 3.48. The Labute approximate surface area is 123 Å². The lowest BCUT2D eigenvalue weighted by Crippen LogP contribution is -2.33. The number of hydrogen-bond acceptors (Lipinski definition) is 2. The Morgan fingerprint density at radius 2 is 1.89 bits per heavy atom. The summed E-state index contributed by atoms with van der Waals surface area (Å²) in [5.74, 6) is 0.128. The molecule has 0 aromatic heterocycles. The van der Waals surface area contributed by atoms with Gasteiger partial charge in [-0.3, -0.25) is 5.41 Å². The van der Waals surface area contributed by atoms with E-state index >= 15 is 0 Å². The van der Waals surface area contributed by atoms with Gasteiger partial charge in [0.1, 0.15) is 5.84 Å². The molecule has 0 heterocycles. The lowest BCUT2D eigenvalue weighted by molar-refractivity contribution is 0.553. The van der Waals surface area contributed by atoms with Crippen LogP contribution in [0.5, 0.6) is 0 Å². The Balaban J connectivity index is 2.29. The summed E-state index contributed by atoms with van der Waals surface area (Å²) in [6.07, 6.45) is 7.78. The van der Waals surface area contributed by atoms with Crippen molar-refractivity contribution in [2.45, 2.75) is 44.6 Å². The molecule has 3 N–H and O–H groups in total. The van der Waals surface area contributed by atoms with E-state index in [1.54, 1.807) is 0 Å². The number of nitrogens with one attached hydrogen (secondary N) is 1. The summed E-state index contributed by atoms with van der Waals surface area (Å²) in [5.41, 5.74) is 7.62. The quantitative estimate of drug-likeness (QED) is 0.503. The van der Waals surface area contributed by atoms with Gasteiger partial charge in [-0.25, -0.2) is 0 Å². The van der Waals surface area contributed by atoms with E-state index < -0.39 is 0 Å². The van der Waals surface area contributed by atoms with Gasteiger partial charge in [0, 0.05) is 23.2 Å². The van der Waals surface area contributed by atoms with Crippen molar-refractivity contribution in [3.8, 4) is 0 Å². The zero-order chi connectivity index (χ0) is 13.8. The molecular formula is C15H22BrN3. The second-order valence-corrected chi connectivity index (χ2v) is 6.16. The largest absolute Gasteiger partial charge is 0.384 e. The fourth-order valence-electron chi connectivity index (χ4n) is 2.92. The molecule has 0 bridgehead atoms. The minimum Gasteiger partial charge on any atom is -0.384 e. The van der Waals surface area contributed by atoms with Crippen molar-refractivity contribution in [2.24, 2.45) is 5.73 Å². The molecular weight excluding hydrogens is 302 g/mol. The summed E-state index contributed by atoms with van der Waals surface area (Å²) in [7, 11) is 2.13. The number of nitrogen functional groups attached to an aromatic ring is 1. The average Bonchev–Trinajstić information content (AvgIpc) is 2.66. The first kappa shape index (κ1) is 14.4. The van der Waals surface area contributed by atoms with Crippen LogP contribution in [0.4, 0.5) is 5.69 Å². The summed E-state index contributed by atoms with van der Waals surface area (Å²) in [4.78, 5) is 2.31. The first-order valence-corrected chi connectivity index (χ1v) is 7.76. The molecule has 2 rings (SSSR count). The highest BCUT2D eigenvalue weighted by molar-refractivity contribution is 9.10. The third-order valence-corrected chi connectivity index (χ3v) is 4.67. The Hall–Kier alpha value is -1.03. The predicted molar refractivity (Wildman–Crippen MR) is 85.1 cm³/mol. The van der Waals surface area contributed by atoms with Gasteiger partial charge in [-0.05, 0) is 40.9 Å². The third kappa shape index (κ3) is 3.30. The van der Waals surface area contributed by atoms with Crippen LogP contribution < -0.4 is 10.6 Å². The molecule has 1 fully saturated rings. The smallest absolute Gasteiger partial charge is 0.126 e. The molecule has 1 aromatic rings. The zero-order valence-corrected chi connectivity index (χ0v) is 13.0. The molecule has 0 saturated heterocycles.